The van der Waals surface area contributed by atoms with E-state index in [-0.39, 0.29) is 27.1 Å². The molecule has 0 saturated carbocycles. The quantitative estimate of drug-likeness (QED) is 0.285. The lowest BCUT2D eigenvalue weighted by molar-refractivity contribution is 0.296. The van der Waals surface area contributed by atoms with Crippen molar-refractivity contribution in [2.45, 2.75) is 111 Å². The first kappa shape index (κ1) is 30.9. The second kappa shape index (κ2) is 9.79. The molecule has 7 heteroatoms. The van der Waals surface area contributed by atoms with Crippen molar-refractivity contribution < 1.29 is 22.7 Å². The van der Waals surface area contributed by atoms with Crippen molar-refractivity contribution in [1.82, 2.24) is 0 Å². The van der Waals surface area contributed by atoms with Gasteiger partial charge >= 0.3 is 24.4 Å². The van der Waals surface area contributed by atoms with Crippen LogP contribution in [0, 0.1) is 0 Å². The Bertz CT molecular complexity index is 1090. The zero-order valence-corrected chi connectivity index (χ0v) is 26.6. The summed E-state index contributed by atoms with van der Waals surface area (Å²) >= 11 is 1.16. The number of phosphoric ester groups is 1. The van der Waals surface area contributed by atoms with Gasteiger partial charge in [-0.05, 0) is 43.9 Å². The lowest BCUT2D eigenvalue weighted by atomic mass is 9.76. The number of hydrogen-bond acceptors (Lipinski definition) is 4. The van der Waals surface area contributed by atoms with E-state index in [4.69, 9.17) is 12.6 Å². The Morgan fingerprint density at radius 1 is 0.667 bits per heavy atom. The lowest BCUT2D eigenvalue weighted by Crippen LogP contribution is -2.23. The van der Waals surface area contributed by atoms with Gasteiger partial charge in [0, 0.05) is 17.5 Å². The topological polar surface area (TPSA) is 76.3 Å². The van der Waals surface area contributed by atoms with Crippen LogP contribution in [0.15, 0.2) is 24.3 Å². The molecule has 3 rings (SSSR count). The van der Waals surface area contributed by atoms with E-state index in [2.05, 4.69) is 107 Å². The molecule has 0 amide bonds. The molecule has 2 aromatic rings. The van der Waals surface area contributed by atoms with Gasteiger partial charge in [-0.1, -0.05) is 107 Å². The van der Waals surface area contributed by atoms with Gasteiger partial charge in [0.1, 0.15) is 11.5 Å². The fraction of sp³-hybridized carbons (Fsp3) is 0.586. The number of fused-ring (bicyclic) bond motifs is 2. The molecule has 0 unspecified atom stereocenters. The van der Waals surface area contributed by atoms with Crippen molar-refractivity contribution in [3.05, 3.63) is 57.6 Å². The van der Waals surface area contributed by atoms with Crippen LogP contribution < -0.4 is 9.05 Å². The zero-order chi connectivity index (χ0) is 26.8. The van der Waals surface area contributed by atoms with Gasteiger partial charge in [0.15, 0.2) is 0 Å². The summed E-state index contributed by atoms with van der Waals surface area (Å²) in [5.74, 6) is 1.23. The van der Waals surface area contributed by atoms with E-state index < -0.39 is 7.82 Å². The van der Waals surface area contributed by atoms with Crippen LogP contribution in [0.1, 0.15) is 116 Å². The molecule has 0 saturated heterocycles. The average molecular weight is 532 g/mol. The summed E-state index contributed by atoms with van der Waals surface area (Å²) in [5, 5.41) is 0. The first-order valence-corrected chi connectivity index (χ1v) is 14.5. The van der Waals surface area contributed by atoms with Crippen molar-refractivity contribution in [2.24, 2.45) is 0 Å². The van der Waals surface area contributed by atoms with E-state index in [1.807, 2.05) is 0 Å². The molecular formula is C29H45AlO5P. The molecule has 2 N–H and O–H groups in total. The van der Waals surface area contributed by atoms with E-state index in [0.29, 0.717) is 17.9 Å². The maximum atomic E-state index is 14.0. The molecule has 1 heterocycles. The number of rotatable bonds is 1. The molecule has 0 fully saturated rings. The fourth-order valence-corrected chi connectivity index (χ4v) is 5.67. The maximum absolute atomic E-state index is 14.0. The highest BCUT2D eigenvalue weighted by Crippen LogP contribution is 2.56. The molecule has 199 valence electrons. The van der Waals surface area contributed by atoms with Crippen LogP contribution in [0.5, 0.6) is 11.5 Å². The molecule has 0 atom stereocenters. The minimum absolute atomic E-state index is 0. The molecular weight excluding hydrogens is 486 g/mol. The van der Waals surface area contributed by atoms with Gasteiger partial charge < -0.3 is 18.1 Å². The maximum Gasteiger partial charge on any atom is 0.558 e. The summed E-state index contributed by atoms with van der Waals surface area (Å²) in [7, 11) is -3.92. The Balaban J connectivity index is 0.00000456. The first-order chi connectivity index (χ1) is 15.7. The van der Waals surface area contributed by atoms with Crippen LogP contribution in [0.4, 0.5) is 0 Å². The molecule has 2 aromatic carbocycles. The largest absolute Gasteiger partial charge is 0.558 e. The third-order valence-electron chi connectivity index (χ3n) is 6.62. The van der Waals surface area contributed by atoms with Gasteiger partial charge in [-0.3, -0.25) is 0 Å². The third kappa shape index (κ3) is 6.40. The number of phosphoric acid groups is 1. The highest BCUT2D eigenvalue weighted by atomic mass is 31.2. The van der Waals surface area contributed by atoms with Crippen LogP contribution in [0.25, 0.3) is 0 Å². The van der Waals surface area contributed by atoms with E-state index in [1.54, 1.807) is 0 Å². The molecule has 5 nitrogen and oxygen atoms in total. The van der Waals surface area contributed by atoms with Gasteiger partial charge in [-0.15, -0.1) is 0 Å². The molecule has 0 aliphatic carbocycles. The van der Waals surface area contributed by atoms with Crippen LogP contribution >= 0.6 is 7.82 Å². The second-order valence-electron chi connectivity index (χ2n) is 14.0. The highest BCUT2D eigenvalue weighted by Gasteiger charge is 2.38. The molecule has 0 bridgehead atoms. The van der Waals surface area contributed by atoms with E-state index in [1.165, 1.54) is 11.1 Å². The highest BCUT2D eigenvalue weighted by molar-refractivity contribution is 7.50. The minimum Gasteiger partial charge on any atom is -0.412 e. The van der Waals surface area contributed by atoms with Gasteiger partial charge in [0.2, 0.25) is 0 Å². The molecule has 1 aliphatic rings. The number of hydrogen-bond donors (Lipinski definition) is 0. The van der Waals surface area contributed by atoms with Crippen molar-refractivity contribution in [1.29, 1.82) is 0 Å². The van der Waals surface area contributed by atoms with Gasteiger partial charge in [-0.25, -0.2) is 4.57 Å². The Labute approximate surface area is 227 Å². The van der Waals surface area contributed by atoms with Crippen LogP contribution in [0.2, 0.25) is 0 Å². The Hall–Kier alpha value is -1.28. The smallest absolute Gasteiger partial charge is 0.412 e. The van der Waals surface area contributed by atoms with Gasteiger partial charge in [0.05, 0.1) is 0 Å². The number of benzene rings is 2. The lowest BCUT2D eigenvalue weighted by Gasteiger charge is -2.35. The first-order valence-electron chi connectivity index (χ1n) is 12.4. The SMILES string of the molecule is CC(C)(C)c1cc2c(c(C(C)(C)C)c1)OP(=O)([O][AlH])Oc1c(cc(C(C)(C)C)cc1C(C)(C)C)C2.O. The van der Waals surface area contributed by atoms with Crippen molar-refractivity contribution in [2.75, 3.05) is 0 Å². The Kier molecular flexibility index (Phi) is 8.42. The van der Waals surface area contributed by atoms with Crippen molar-refractivity contribution in [3.63, 3.8) is 0 Å². The normalized spacial score (nSPS) is 15.9. The van der Waals surface area contributed by atoms with E-state index in [0.717, 1.165) is 38.9 Å². The minimum atomic E-state index is -3.92. The standard InChI is InChI=1S/C29H43O4P.Al.H2O.H/c1-26(2,3)20-14-18-13-19-15-21(27(4,5)6)17-23(29(10,11)12)25(19)33-34(30,31)32-24(18)22(16-20)28(7,8)9;;;/h14-17H,13H2,1-12H3,(H,30,31);;1H2;/q;+1;;/p-1. The molecule has 1 radical (unpaired) electrons. The molecule has 36 heavy (non-hydrogen) atoms. The average Bonchev–Trinajstić information content (AvgIpc) is 2.65. The molecule has 0 spiro atoms. The van der Waals surface area contributed by atoms with Gasteiger partial charge in [0.25, 0.3) is 0 Å². The van der Waals surface area contributed by atoms with Gasteiger partial charge in [-0.2, -0.15) is 0 Å². The van der Waals surface area contributed by atoms with Crippen molar-refractivity contribution >= 4 is 24.4 Å². The summed E-state index contributed by atoms with van der Waals surface area (Å²) < 4.78 is 31.9. The fourth-order valence-electron chi connectivity index (χ4n) is 4.34. The summed E-state index contributed by atoms with van der Waals surface area (Å²) in [5.41, 5.74) is 5.95. The molecule has 0 aromatic heterocycles. The second-order valence-corrected chi connectivity index (χ2v) is 16.3. The van der Waals surface area contributed by atoms with E-state index in [9.17, 15) is 4.57 Å². The van der Waals surface area contributed by atoms with Crippen molar-refractivity contribution in [3.8, 4) is 11.5 Å². The Morgan fingerprint density at radius 3 is 1.25 bits per heavy atom. The predicted octanol–water partition coefficient (Wildman–Crippen LogP) is 7.35. The predicted molar refractivity (Wildman–Crippen MR) is 151 cm³/mol. The van der Waals surface area contributed by atoms with Crippen LogP contribution in [0.3, 0.4) is 0 Å². The summed E-state index contributed by atoms with van der Waals surface area (Å²) in [6, 6.07) is 8.80. The molecule has 1 aliphatic heterocycles. The van der Waals surface area contributed by atoms with E-state index >= 15 is 0 Å². The summed E-state index contributed by atoms with van der Waals surface area (Å²) in [6.07, 6.45) is 0.622. The third-order valence-corrected chi connectivity index (χ3v) is 8.70. The Morgan fingerprint density at radius 2 is 1.00 bits per heavy atom. The zero-order valence-electron chi connectivity index (χ0n) is 24.3. The summed E-state index contributed by atoms with van der Waals surface area (Å²) in [4.78, 5) is 0. The summed E-state index contributed by atoms with van der Waals surface area (Å²) in [6.45, 7) is 26.2. The van der Waals surface area contributed by atoms with Crippen LogP contribution in [-0.2, 0) is 36.2 Å². The van der Waals surface area contributed by atoms with Crippen LogP contribution in [-0.4, -0.2) is 22.1 Å². The monoisotopic (exact) mass is 531 g/mol.